The van der Waals surface area contributed by atoms with Gasteiger partial charge in [-0.3, -0.25) is 0 Å². The maximum Gasteiger partial charge on any atom is 0.261 e. The second-order valence-corrected chi connectivity index (χ2v) is 16.3. The van der Waals surface area contributed by atoms with Crippen LogP contribution in [-0.2, 0) is 11.0 Å². The van der Waals surface area contributed by atoms with Crippen LogP contribution >= 0.6 is 0 Å². The van der Waals surface area contributed by atoms with Gasteiger partial charge in [-0.2, -0.15) is 0 Å². The SMILES string of the molecule is C=C(CO[Si](c1ccccc1)(c1ccccc1)C(C)(C)C)/C(=C/CO)C(O)CC/C(=C/c1ccc(CO)o1)c1ccccc1. The Morgan fingerprint density at radius 1 is 0.864 bits per heavy atom. The van der Waals surface area contributed by atoms with Crippen molar-refractivity contribution >= 4 is 30.3 Å². The number of aliphatic hydroxyl groups is 3. The van der Waals surface area contributed by atoms with E-state index in [1.165, 1.54) is 10.4 Å². The van der Waals surface area contributed by atoms with Crippen LogP contribution in [0.3, 0.4) is 0 Å². The van der Waals surface area contributed by atoms with E-state index >= 15 is 0 Å². The summed E-state index contributed by atoms with van der Waals surface area (Å²) in [4.78, 5) is 0. The Labute approximate surface area is 262 Å². The third-order valence-corrected chi connectivity index (χ3v) is 12.9. The van der Waals surface area contributed by atoms with Crippen LogP contribution in [0.5, 0.6) is 0 Å². The van der Waals surface area contributed by atoms with Gasteiger partial charge in [0.15, 0.2) is 0 Å². The third kappa shape index (κ3) is 7.83. The van der Waals surface area contributed by atoms with Gasteiger partial charge in [-0.1, -0.05) is 124 Å². The van der Waals surface area contributed by atoms with Crippen molar-refractivity contribution in [1.29, 1.82) is 0 Å². The second-order valence-electron chi connectivity index (χ2n) is 11.9. The van der Waals surface area contributed by atoms with Crippen LogP contribution in [0.15, 0.2) is 131 Å². The minimum absolute atomic E-state index is 0.166. The van der Waals surface area contributed by atoms with Crippen molar-refractivity contribution < 1.29 is 24.2 Å². The molecule has 0 aliphatic carbocycles. The van der Waals surface area contributed by atoms with E-state index in [2.05, 4.69) is 75.9 Å². The molecule has 0 fully saturated rings. The molecule has 0 radical (unpaired) electrons. The van der Waals surface area contributed by atoms with E-state index in [0.717, 1.165) is 11.1 Å². The Hall–Kier alpha value is -3.78. The van der Waals surface area contributed by atoms with Crippen molar-refractivity contribution in [2.24, 2.45) is 0 Å². The maximum absolute atomic E-state index is 11.5. The summed E-state index contributed by atoms with van der Waals surface area (Å²) in [6, 6.07) is 34.4. The topological polar surface area (TPSA) is 83.1 Å². The molecule has 4 aromatic rings. The number of hydrogen-bond acceptors (Lipinski definition) is 5. The predicted octanol–water partition coefficient (Wildman–Crippen LogP) is 6.51. The molecule has 6 heteroatoms. The maximum atomic E-state index is 11.5. The van der Waals surface area contributed by atoms with Gasteiger partial charge in [-0.25, -0.2) is 0 Å². The molecular weight excluding hydrogens is 564 g/mol. The highest BCUT2D eigenvalue weighted by atomic mass is 28.4. The Balaban J connectivity index is 1.58. The Morgan fingerprint density at radius 2 is 1.43 bits per heavy atom. The van der Waals surface area contributed by atoms with Crippen molar-refractivity contribution in [2.45, 2.75) is 51.4 Å². The van der Waals surface area contributed by atoms with Gasteiger partial charge in [0.05, 0.1) is 19.3 Å². The van der Waals surface area contributed by atoms with E-state index in [-0.39, 0.29) is 24.9 Å². The largest absolute Gasteiger partial charge is 0.459 e. The van der Waals surface area contributed by atoms with Crippen LogP contribution in [0, 0.1) is 0 Å². The summed E-state index contributed by atoms with van der Waals surface area (Å²) in [5.74, 6) is 1.13. The van der Waals surface area contributed by atoms with Crippen LogP contribution in [0.4, 0.5) is 0 Å². The van der Waals surface area contributed by atoms with E-state index < -0.39 is 14.4 Å². The first kappa shape index (κ1) is 33.1. The standard InChI is InChI=1S/C38H44O5Si/c1-29(28-42-44(38(2,3)4,34-16-10-6-11-17-34)35-18-12-7-13-19-35)36(24-25-39)37(41)23-20-31(30-14-8-5-9-15-30)26-32-21-22-33(27-40)43-32/h5-19,21-22,24,26,37,39-41H,1,20,23,25,27-28H2,2-4H3/b31-26-,36-24-. The molecule has 0 aliphatic heterocycles. The molecule has 5 nitrogen and oxygen atoms in total. The average molecular weight is 609 g/mol. The summed E-state index contributed by atoms with van der Waals surface area (Å²) in [5, 5.41) is 32.9. The summed E-state index contributed by atoms with van der Waals surface area (Å²) >= 11 is 0. The highest BCUT2D eigenvalue weighted by Crippen LogP contribution is 2.37. The minimum Gasteiger partial charge on any atom is -0.459 e. The molecular formula is C38H44O5Si. The van der Waals surface area contributed by atoms with Gasteiger partial charge >= 0.3 is 0 Å². The van der Waals surface area contributed by atoms with E-state index in [9.17, 15) is 15.3 Å². The summed E-state index contributed by atoms with van der Waals surface area (Å²) in [6.07, 6.45) is 3.66. The molecule has 3 aromatic carbocycles. The second kappa shape index (κ2) is 15.3. The van der Waals surface area contributed by atoms with Gasteiger partial charge in [-0.15, -0.1) is 0 Å². The molecule has 1 unspecified atom stereocenters. The van der Waals surface area contributed by atoms with Gasteiger partial charge in [-0.05, 0) is 68.7 Å². The van der Waals surface area contributed by atoms with E-state index in [0.29, 0.717) is 35.5 Å². The molecule has 4 rings (SSSR count). The molecule has 44 heavy (non-hydrogen) atoms. The Kier molecular flexibility index (Phi) is 11.5. The number of allylic oxidation sites excluding steroid dienone is 1. The van der Waals surface area contributed by atoms with Crippen LogP contribution in [-0.4, -0.2) is 43.0 Å². The first-order chi connectivity index (χ1) is 21.2. The summed E-state index contributed by atoms with van der Waals surface area (Å²) < 4.78 is 12.8. The monoisotopic (exact) mass is 608 g/mol. The molecule has 0 saturated heterocycles. The Bertz CT molecular complexity index is 1490. The Morgan fingerprint density at radius 3 is 1.93 bits per heavy atom. The molecule has 1 atom stereocenters. The zero-order valence-electron chi connectivity index (χ0n) is 25.9. The molecule has 0 bridgehead atoms. The van der Waals surface area contributed by atoms with Crippen molar-refractivity contribution in [3.05, 3.63) is 144 Å². The van der Waals surface area contributed by atoms with Gasteiger partial charge < -0.3 is 24.2 Å². The zero-order chi connectivity index (χ0) is 31.6. The number of hydrogen-bond donors (Lipinski definition) is 3. The van der Waals surface area contributed by atoms with Crippen molar-refractivity contribution in [3.8, 4) is 0 Å². The fourth-order valence-corrected chi connectivity index (χ4v) is 10.3. The lowest BCUT2D eigenvalue weighted by atomic mass is 9.93. The third-order valence-electron chi connectivity index (χ3n) is 7.94. The summed E-state index contributed by atoms with van der Waals surface area (Å²) in [7, 11) is -2.81. The lowest BCUT2D eigenvalue weighted by molar-refractivity contribution is 0.199. The van der Waals surface area contributed by atoms with Crippen LogP contribution in [0.2, 0.25) is 5.04 Å². The molecule has 3 N–H and O–H groups in total. The number of rotatable bonds is 14. The van der Waals surface area contributed by atoms with E-state index in [4.69, 9.17) is 8.84 Å². The van der Waals surface area contributed by atoms with Gasteiger partial charge in [0, 0.05) is 0 Å². The lowest BCUT2D eigenvalue weighted by Crippen LogP contribution is -2.66. The molecule has 0 aliphatic rings. The van der Waals surface area contributed by atoms with Crippen LogP contribution < -0.4 is 10.4 Å². The van der Waals surface area contributed by atoms with E-state index in [1.807, 2.05) is 54.6 Å². The average Bonchev–Trinajstić information content (AvgIpc) is 3.50. The molecule has 0 amide bonds. The van der Waals surface area contributed by atoms with Crippen molar-refractivity contribution in [1.82, 2.24) is 0 Å². The van der Waals surface area contributed by atoms with E-state index in [1.54, 1.807) is 12.1 Å². The first-order valence-corrected chi connectivity index (χ1v) is 17.0. The van der Waals surface area contributed by atoms with Gasteiger partial charge in [0.1, 0.15) is 18.1 Å². The van der Waals surface area contributed by atoms with Gasteiger partial charge in [0.25, 0.3) is 8.32 Å². The zero-order valence-corrected chi connectivity index (χ0v) is 26.9. The highest BCUT2D eigenvalue weighted by Gasteiger charge is 2.50. The smallest absolute Gasteiger partial charge is 0.261 e. The van der Waals surface area contributed by atoms with Crippen LogP contribution in [0.1, 0.15) is 50.7 Å². The fourth-order valence-electron chi connectivity index (χ4n) is 5.78. The number of benzene rings is 3. The van der Waals surface area contributed by atoms with Crippen molar-refractivity contribution in [2.75, 3.05) is 13.2 Å². The molecule has 0 spiro atoms. The van der Waals surface area contributed by atoms with Crippen LogP contribution in [0.25, 0.3) is 11.6 Å². The molecule has 230 valence electrons. The number of furan rings is 1. The predicted molar refractivity (Wildman–Crippen MR) is 182 cm³/mol. The summed E-state index contributed by atoms with van der Waals surface area (Å²) in [6.45, 7) is 10.8. The molecule has 1 heterocycles. The molecule has 1 aromatic heterocycles. The highest BCUT2D eigenvalue weighted by molar-refractivity contribution is 6.99. The van der Waals surface area contributed by atoms with Gasteiger partial charge in [0.2, 0.25) is 0 Å². The normalized spacial score (nSPS) is 13.6. The number of aliphatic hydroxyl groups excluding tert-OH is 3. The fraction of sp³-hybridized carbons (Fsp3) is 0.263. The lowest BCUT2D eigenvalue weighted by Gasteiger charge is -2.43. The summed E-state index contributed by atoms with van der Waals surface area (Å²) in [5.41, 5.74) is 3.23. The first-order valence-electron chi connectivity index (χ1n) is 15.1. The minimum atomic E-state index is -2.81. The quantitative estimate of drug-likeness (QED) is 0.112. The van der Waals surface area contributed by atoms with Crippen molar-refractivity contribution in [3.63, 3.8) is 0 Å². The molecule has 0 saturated carbocycles.